The lowest BCUT2D eigenvalue weighted by molar-refractivity contribution is -0.136. The van der Waals surface area contributed by atoms with Crippen molar-refractivity contribution in [3.05, 3.63) is 58.4 Å². The molecule has 2 aliphatic carbocycles. The topological polar surface area (TPSA) is 195 Å². The Kier molecular flexibility index (Phi) is 14.9. The van der Waals surface area contributed by atoms with Crippen molar-refractivity contribution in [3.63, 3.8) is 0 Å². The van der Waals surface area contributed by atoms with Crippen LogP contribution in [0.2, 0.25) is 5.02 Å². The van der Waals surface area contributed by atoms with E-state index in [1.165, 1.54) is 18.5 Å². The third-order valence-corrected chi connectivity index (χ3v) is 11.8. The van der Waals surface area contributed by atoms with E-state index >= 15 is 0 Å². The van der Waals surface area contributed by atoms with Gasteiger partial charge in [0.05, 0.1) is 67.6 Å². The Morgan fingerprint density at radius 3 is 2.35 bits per heavy atom. The fourth-order valence-electron chi connectivity index (χ4n) is 8.04. The van der Waals surface area contributed by atoms with Crippen LogP contribution in [0.1, 0.15) is 90.6 Å². The number of aromatic nitrogens is 3. The second-order valence-electron chi connectivity index (χ2n) is 16.0. The maximum atomic E-state index is 13.2. The van der Waals surface area contributed by atoms with Gasteiger partial charge in [0.2, 0.25) is 11.8 Å². The van der Waals surface area contributed by atoms with Gasteiger partial charge >= 0.3 is 0 Å². The number of hydrogen-bond donors (Lipinski definition) is 4. The van der Waals surface area contributed by atoms with E-state index in [1.807, 2.05) is 30.1 Å². The Labute approximate surface area is 354 Å². The van der Waals surface area contributed by atoms with Crippen LogP contribution in [-0.2, 0) is 42.1 Å². The molecular formula is C43H55ClN8O8. The highest BCUT2D eigenvalue weighted by Gasteiger charge is 2.45. The van der Waals surface area contributed by atoms with Crippen molar-refractivity contribution in [1.29, 1.82) is 0 Å². The molecule has 16 nitrogen and oxygen atoms in total. The number of Topliss-reactive ketones (excluding diaryl/α,β-unsaturated/α-hetero) is 1. The Balaban J connectivity index is 0.688. The van der Waals surface area contributed by atoms with Crippen LogP contribution in [0.15, 0.2) is 36.5 Å². The summed E-state index contributed by atoms with van der Waals surface area (Å²) >= 11 is 6.62. The smallest absolute Gasteiger partial charge is 0.264 e. The highest BCUT2D eigenvalue weighted by atomic mass is 35.5. The molecule has 0 radical (unpaired) electrons. The molecule has 17 heteroatoms. The van der Waals surface area contributed by atoms with Crippen molar-refractivity contribution in [2.24, 2.45) is 13.0 Å². The average Bonchev–Trinajstić information content (AvgIpc) is 3.94. The minimum Gasteiger partial charge on any atom is -0.382 e. The number of pyridine rings is 1. The van der Waals surface area contributed by atoms with Gasteiger partial charge in [-0.3, -0.25) is 38.9 Å². The van der Waals surface area contributed by atoms with Gasteiger partial charge in [-0.15, -0.1) is 0 Å². The quantitative estimate of drug-likeness (QED) is 0.0780. The highest BCUT2D eigenvalue weighted by Crippen LogP contribution is 2.37. The van der Waals surface area contributed by atoms with Crippen molar-refractivity contribution in [2.45, 2.75) is 88.8 Å². The lowest BCUT2D eigenvalue weighted by Gasteiger charge is -2.30. The van der Waals surface area contributed by atoms with Gasteiger partial charge in [-0.1, -0.05) is 17.7 Å². The minimum atomic E-state index is -1.01. The van der Waals surface area contributed by atoms with E-state index in [1.54, 1.807) is 18.2 Å². The molecule has 0 spiro atoms. The average molecular weight is 847 g/mol. The molecule has 4 heterocycles. The summed E-state index contributed by atoms with van der Waals surface area (Å²) in [4.78, 5) is 68.5. The summed E-state index contributed by atoms with van der Waals surface area (Å²) in [5.74, 6) is -0.434. The molecule has 4 aliphatic rings. The van der Waals surface area contributed by atoms with Gasteiger partial charge in [-0.25, -0.2) is 4.98 Å². The lowest BCUT2D eigenvalue weighted by Crippen LogP contribution is -2.54. The molecule has 2 aromatic heterocycles. The fourth-order valence-corrected chi connectivity index (χ4v) is 8.25. The predicted molar refractivity (Wildman–Crippen MR) is 224 cm³/mol. The number of nitrogens with zero attached hydrogens (tertiary/aromatic N) is 4. The Morgan fingerprint density at radius 2 is 1.60 bits per heavy atom. The van der Waals surface area contributed by atoms with Crippen molar-refractivity contribution in [2.75, 3.05) is 63.4 Å². The van der Waals surface area contributed by atoms with Crippen molar-refractivity contribution in [3.8, 4) is 11.3 Å². The summed E-state index contributed by atoms with van der Waals surface area (Å²) in [7, 11) is 1.98. The Bertz CT molecular complexity index is 2030. The van der Waals surface area contributed by atoms with E-state index in [0.717, 1.165) is 60.0 Å². The van der Waals surface area contributed by atoms with Crippen LogP contribution >= 0.6 is 11.6 Å². The molecule has 3 aromatic rings. The number of carbonyl (C=O) groups is 5. The molecule has 7 rings (SSSR count). The molecule has 2 aliphatic heterocycles. The monoisotopic (exact) mass is 846 g/mol. The second kappa shape index (κ2) is 20.7. The summed E-state index contributed by atoms with van der Waals surface area (Å²) in [5.41, 5.74) is 3.88. The Hall–Kier alpha value is -4.74. The van der Waals surface area contributed by atoms with Crippen molar-refractivity contribution < 1.29 is 38.2 Å². The molecule has 322 valence electrons. The van der Waals surface area contributed by atoms with E-state index in [0.29, 0.717) is 88.4 Å². The number of anilines is 2. The van der Waals surface area contributed by atoms with Gasteiger partial charge in [-0.05, 0) is 88.0 Å². The molecule has 3 fully saturated rings. The standard InChI is InChI=1S/C43H55ClN8O8/c1-51-36(24-27-7-8-27)32(26-47-51)40-33(44)13-15-37(49-40)48-29-11-9-28(10-12-29)46-25-30(53)4-3-18-58-20-22-60-23-21-59-19-17-45-34-6-2-5-31-39(34)43(57)52(42(31)56)35-14-16-38(54)50-41(35)55/h2,5-6,13,15,26-29,35,45-46H,3-4,7-12,14,16-25H2,1H3,(H,48,49)(H,50,54,55). The predicted octanol–water partition coefficient (Wildman–Crippen LogP) is 4.31. The molecule has 1 atom stereocenters. The van der Waals surface area contributed by atoms with E-state index in [4.69, 9.17) is 30.8 Å². The summed E-state index contributed by atoms with van der Waals surface area (Å²) in [6.45, 7) is 3.14. The van der Waals surface area contributed by atoms with Crippen LogP contribution in [0.5, 0.6) is 0 Å². The zero-order valence-corrected chi connectivity index (χ0v) is 34.9. The van der Waals surface area contributed by atoms with Crippen LogP contribution in [-0.4, -0.2) is 120 Å². The van der Waals surface area contributed by atoms with Gasteiger partial charge in [0.15, 0.2) is 0 Å². The number of ether oxygens (including phenoxy) is 3. The Morgan fingerprint density at radius 1 is 0.867 bits per heavy atom. The summed E-state index contributed by atoms with van der Waals surface area (Å²) in [6, 6.07) is 8.39. The van der Waals surface area contributed by atoms with E-state index < -0.39 is 29.7 Å². The largest absolute Gasteiger partial charge is 0.382 e. The van der Waals surface area contributed by atoms with Gasteiger partial charge in [0, 0.05) is 62.1 Å². The molecule has 2 saturated carbocycles. The van der Waals surface area contributed by atoms with E-state index in [9.17, 15) is 24.0 Å². The van der Waals surface area contributed by atoms with Crippen molar-refractivity contribution in [1.82, 2.24) is 30.3 Å². The lowest BCUT2D eigenvalue weighted by atomic mass is 9.91. The fraction of sp³-hybridized carbons (Fsp3) is 0.558. The van der Waals surface area contributed by atoms with Gasteiger partial charge < -0.3 is 30.2 Å². The van der Waals surface area contributed by atoms with Gasteiger partial charge in [-0.2, -0.15) is 5.10 Å². The zero-order chi connectivity index (χ0) is 42.0. The number of hydrogen-bond acceptors (Lipinski definition) is 13. The summed E-state index contributed by atoms with van der Waals surface area (Å²) in [6.07, 6.45) is 10.7. The number of amides is 4. The molecular weight excluding hydrogens is 792 g/mol. The number of halogens is 1. The van der Waals surface area contributed by atoms with E-state index in [-0.39, 0.29) is 29.8 Å². The second-order valence-corrected chi connectivity index (χ2v) is 16.4. The van der Waals surface area contributed by atoms with Crippen LogP contribution < -0.4 is 21.3 Å². The van der Waals surface area contributed by atoms with Crippen molar-refractivity contribution >= 4 is 52.5 Å². The number of benzene rings is 1. The third-order valence-electron chi connectivity index (χ3n) is 11.5. The maximum Gasteiger partial charge on any atom is 0.264 e. The molecule has 0 bridgehead atoms. The SMILES string of the molecule is Cn1ncc(-c2nc(NC3CCC(NCC(=O)CCCOCCOCCOCCNc4cccc5c4C(=O)N(C4CCC(=O)NC4=O)C5=O)CC3)ccc2Cl)c1CC1CC1. The summed E-state index contributed by atoms with van der Waals surface area (Å²) < 4.78 is 18.8. The maximum absolute atomic E-state index is 13.2. The molecule has 1 aromatic carbocycles. The number of piperidine rings is 1. The number of aryl methyl sites for hydroxylation is 1. The normalized spacial score (nSPS) is 20.4. The number of fused-ring (bicyclic) bond motifs is 1. The molecule has 4 N–H and O–H groups in total. The number of rotatable bonds is 23. The van der Waals surface area contributed by atoms with Crippen LogP contribution in [0.4, 0.5) is 11.5 Å². The first-order valence-corrected chi connectivity index (χ1v) is 21.5. The van der Waals surface area contributed by atoms with Crippen LogP contribution in [0.25, 0.3) is 11.3 Å². The highest BCUT2D eigenvalue weighted by molar-refractivity contribution is 6.33. The number of imide groups is 2. The number of ketones is 1. The molecule has 1 unspecified atom stereocenters. The minimum absolute atomic E-state index is 0.0635. The summed E-state index contributed by atoms with van der Waals surface area (Å²) in [5, 5.41) is 17.6. The van der Waals surface area contributed by atoms with Gasteiger partial charge in [0.25, 0.3) is 11.8 Å². The third kappa shape index (κ3) is 11.1. The molecule has 60 heavy (non-hydrogen) atoms. The van der Waals surface area contributed by atoms with Crippen LogP contribution in [0, 0.1) is 5.92 Å². The first kappa shape index (κ1) is 43.4. The first-order chi connectivity index (χ1) is 29.2. The van der Waals surface area contributed by atoms with Crippen LogP contribution in [0.3, 0.4) is 0 Å². The molecule has 4 amide bonds. The molecule has 1 saturated heterocycles. The van der Waals surface area contributed by atoms with E-state index in [2.05, 4.69) is 26.4 Å². The first-order valence-electron chi connectivity index (χ1n) is 21.2. The number of nitrogens with one attached hydrogen (secondary N) is 4. The number of carbonyl (C=O) groups excluding carboxylic acids is 5. The van der Waals surface area contributed by atoms with Gasteiger partial charge in [0.1, 0.15) is 17.6 Å². The zero-order valence-electron chi connectivity index (χ0n) is 34.1.